The smallest absolute Gasteiger partial charge is 0.0328 e. The average Bonchev–Trinajstić information content (AvgIpc) is 2.85. The second-order valence-electron chi connectivity index (χ2n) is 7.43. The molecule has 2 rings (SSSR count). The van der Waals surface area contributed by atoms with E-state index in [0.717, 1.165) is 5.25 Å². The van der Waals surface area contributed by atoms with Gasteiger partial charge in [0.05, 0.1) is 0 Å². The third kappa shape index (κ3) is 5.34. The molecule has 0 amide bonds. The van der Waals surface area contributed by atoms with Crippen molar-refractivity contribution in [2.75, 3.05) is 5.75 Å². The predicted octanol–water partition coefficient (Wildman–Crippen LogP) is 5.43. The molecule has 118 valence electrons. The van der Waals surface area contributed by atoms with E-state index < -0.39 is 0 Å². The molecule has 0 heterocycles. The van der Waals surface area contributed by atoms with Gasteiger partial charge in [-0.05, 0) is 36.0 Å². The monoisotopic (exact) mass is 305 g/mol. The molecule has 21 heavy (non-hydrogen) atoms. The van der Waals surface area contributed by atoms with Crippen LogP contribution in [0.3, 0.4) is 0 Å². The lowest BCUT2D eigenvalue weighted by atomic mass is 9.85. The zero-order valence-electron chi connectivity index (χ0n) is 14.1. The Hall–Kier alpha value is -0.470. The largest absolute Gasteiger partial charge is 0.306 e. The molecule has 1 aromatic carbocycles. The lowest BCUT2D eigenvalue weighted by Crippen LogP contribution is -2.38. The summed E-state index contributed by atoms with van der Waals surface area (Å²) in [6, 6.07) is 12.2. The molecule has 0 radical (unpaired) electrons. The van der Waals surface area contributed by atoms with Crippen molar-refractivity contribution < 1.29 is 0 Å². The standard InChI is InChI=1S/C19H31NS/c1-5-21-18-13-9-12-16(18)20-17(14-19(2,3)4)15-10-7-6-8-11-15/h6-8,10-11,16-18,20H,5,9,12-14H2,1-4H3. The number of hydrogen-bond acceptors (Lipinski definition) is 2. The van der Waals surface area contributed by atoms with E-state index in [-0.39, 0.29) is 0 Å². The van der Waals surface area contributed by atoms with Crippen molar-refractivity contribution in [3.05, 3.63) is 35.9 Å². The molecule has 1 aliphatic carbocycles. The minimum Gasteiger partial charge on any atom is -0.306 e. The predicted molar refractivity (Wildman–Crippen MR) is 95.9 cm³/mol. The van der Waals surface area contributed by atoms with Crippen LogP contribution < -0.4 is 5.32 Å². The Morgan fingerprint density at radius 3 is 2.52 bits per heavy atom. The Balaban J connectivity index is 2.09. The van der Waals surface area contributed by atoms with Crippen LogP contribution in [0.5, 0.6) is 0 Å². The summed E-state index contributed by atoms with van der Waals surface area (Å²) < 4.78 is 0. The molecule has 0 saturated heterocycles. The maximum absolute atomic E-state index is 4.00. The SMILES string of the molecule is CCSC1CCCC1NC(CC(C)(C)C)c1ccccc1. The van der Waals surface area contributed by atoms with Gasteiger partial charge in [-0.2, -0.15) is 11.8 Å². The molecule has 1 aliphatic rings. The Morgan fingerprint density at radius 2 is 1.90 bits per heavy atom. The summed E-state index contributed by atoms with van der Waals surface area (Å²) in [5, 5.41) is 4.81. The van der Waals surface area contributed by atoms with Crippen LogP contribution in [0, 0.1) is 5.41 Å². The number of benzene rings is 1. The molecule has 1 nitrogen and oxygen atoms in total. The van der Waals surface area contributed by atoms with E-state index in [0.29, 0.717) is 17.5 Å². The molecule has 3 unspecified atom stereocenters. The Bertz CT molecular complexity index is 409. The van der Waals surface area contributed by atoms with Crippen molar-refractivity contribution in [3.8, 4) is 0 Å². The van der Waals surface area contributed by atoms with Gasteiger partial charge in [-0.1, -0.05) is 64.4 Å². The van der Waals surface area contributed by atoms with Crippen LogP contribution in [0.2, 0.25) is 0 Å². The quantitative estimate of drug-likeness (QED) is 0.752. The van der Waals surface area contributed by atoms with E-state index in [1.54, 1.807) is 0 Å². The molecule has 3 atom stereocenters. The van der Waals surface area contributed by atoms with Gasteiger partial charge in [-0.3, -0.25) is 0 Å². The van der Waals surface area contributed by atoms with Crippen molar-refractivity contribution in [1.82, 2.24) is 5.32 Å². The number of rotatable bonds is 6. The molecular weight excluding hydrogens is 274 g/mol. The molecule has 0 aromatic heterocycles. The molecule has 1 aromatic rings. The van der Waals surface area contributed by atoms with Crippen molar-refractivity contribution in [1.29, 1.82) is 0 Å². The van der Waals surface area contributed by atoms with Gasteiger partial charge in [0.15, 0.2) is 0 Å². The maximum atomic E-state index is 4.00. The zero-order chi connectivity index (χ0) is 15.3. The fraction of sp³-hybridized carbons (Fsp3) is 0.684. The number of nitrogens with one attached hydrogen (secondary N) is 1. The first-order valence-corrected chi connectivity index (χ1v) is 9.47. The fourth-order valence-electron chi connectivity index (χ4n) is 3.36. The van der Waals surface area contributed by atoms with Crippen LogP contribution >= 0.6 is 11.8 Å². The van der Waals surface area contributed by atoms with Crippen LogP contribution in [0.4, 0.5) is 0 Å². The summed E-state index contributed by atoms with van der Waals surface area (Å²) in [7, 11) is 0. The van der Waals surface area contributed by atoms with Crippen LogP contribution in [0.1, 0.15) is 65.0 Å². The lowest BCUT2D eigenvalue weighted by Gasteiger charge is -2.32. The molecule has 0 bridgehead atoms. The van der Waals surface area contributed by atoms with Crippen LogP contribution in [0.15, 0.2) is 30.3 Å². The van der Waals surface area contributed by atoms with E-state index in [2.05, 4.69) is 75.1 Å². The van der Waals surface area contributed by atoms with E-state index in [4.69, 9.17) is 0 Å². The lowest BCUT2D eigenvalue weighted by molar-refractivity contribution is 0.294. The summed E-state index contributed by atoms with van der Waals surface area (Å²) >= 11 is 2.14. The molecule has 2 heteroatoms. The fourth-order valence-corrected chi connectivity index (χ4v) is 4.57. The normalized spacial score (nSPS) is 24.2. The van der Waals surface area contributed by atoms with Crippen LogP contribution in [-0.4, -0.2) is 17.0 Å². The van der Waals surface area contributed by atoms with Gasteiger partial charge in [0.25, 0.3) is 0 Å². The maximum Gasteiger partial charge on any atom is 0.0328 e. The highest BCUT2D eigenvalue weighted by molar-refractivity contribution is 7.99. The van der Waals surface area contributed by atoms with E-state index in [9.17, 15) is 0 Å². The summed E-state index contributed by atoms with van der Waals surface area (Å²) in [5.74, 6) is 1.23. The van der Waals surface area contributed by atoms with Gasteiger partial charge < -0.3 is 5.32 Å². The molecule has 0 spiro atoms. The number of thioether (sulfide) groups is 1. The van der Waals surface area contributed by atoms with Crippen molar-refractivity contribution >= 4 is 11.8 Å². The van der Waals surface area contributed by atoms with Gasteiger partial charge in [-0.15, -0.1) is 0 Å². The van der Waals surface area contributed by atoms with E-state index in [1.807, 2.05) is 0 Å². The molecular formula is C19H31NS. The van der Waals surface area contributed by atoms with Gasteiger partial charge in [-0.25, -0.2) is 0 Å². The summed E-state index contributed by atoms with van der Waals surface area (Å²) in [4.78, 5) is 0. The number of hydrogen-bond donors (Lipinski definition) is 1. The first-order chi connectivity index (χ1) is 9.99. The second kappa shape index (κ2) is 7.69. The van der Waals surface area contributed by atoms with Gasteiger partial charge in [0.1, 0.15) is 0 Å². The minimum absolute atomic E-state index is 0.347. The van der Waals surface area contributed by atoms with Gasteiger partial charge in [0.2, 0.25) is 0 Å². The molecule has 1 saturated carbocycles. The van der Waals surface area contributed by atoms with E-state index in [1.165, 1.54) is 37.0 Å². The third-order valence-electron chi connectivity index (χ3n) is 4.27. The van der Waals surface area contributed by atoms with Gasteiger partial charge in [0, 0.05) is 17.3 Å². The topological polar surface area (TPSA) is 12.0 Å². The van der Waals surface area contributed by atoms with Crippen LogP contribution in [-0.2, 0) is 0 Å². The third-order valence-corrected chi connectivity index (χ3v) is 5.59. The molecule has 1 fully saturated rings. The van der Waals surface area contributed by atoms with Crippen molar-refractivity contribution in [2.24, 2.45) is 5.41 Å². The van der Waals surface area contributed by atoms with Crippen molar-refractivity contribution in [2.45, 2.75) is 70.7 Å². The average molecular weight is 306 g/mol. The summed E-state index contributed by atoms with van der Waals surface area (Å²) in [5.41, 5.74) is 1.79. The second-order valence-corrected chi connectivity index (χ2v) is 8.94. The van der Waals surface area contributed by atoms with Gasteiger partial charge >= 0.3 is 0 Å². The first kappa shape index (κ1) is 16.9. The Labute approximate surface area is 135 Å². The molecule has 1 N–H and O–H groups in total. The summed E-state index contributed by atoms with van der Waals surface area (Å²) in [6.45, 7) is 9.32. The van der Waals surface area contributed by atoms with E-state index >= 15 is 0 Å². The highest BCUT2D eigenvalue weighted by atomic mass is 32.2. The Morgan fingerprint density at radius 1 is 1.19 bits per heavy atom. The van der Waals surface area contributed by atoms with Crippen molar-refractivity contribution in [3.63, 3.8) is 0 Å². The van der Waals surface area contributed by atoms with Crippen LogP contribution in [0.25, 0.3) is 0 Å². The Kier molecular flexibility index (Phi) is 6.19. The summed E-state index contributed by atoms with van der Waals surface area (Å²) in [6.07, 6.45) is 5.29. The first-order valence-electron chi connectivity index (χ1n) is 8.42. The highest BCUT2D eigenvalue weighted by Crippen LogP contribution is 2.35. The minimum atomic E-state index is 0.347. The zero-order valence-corrected chi connectivity index (χ0v) is 14.9. The highest BCUT2D eigenvalue weighted by Gasteiger charge is 2.30. The molecule has 0 aliphatic heterocycles.